The maximum Gasteiger partial charge on any atom is 0.253 e. The third-order valence-corrected chi connectivity index (χ3v) is 5.46. The van der Waals surface area contributed by atoms with Crippen molar-refractivity contribution in [2.45, 2.75) is 10.4 Å². The fourth-order valence-corrected chi connectivity index (χ4v) is 3.84. The Labute approximate surface area is 171 Å². The molecule has 0 aliphatic rings. The number of aromatic nitrogens is 4. The quantitative estimate of drug-likeness (QED) is 0.341. The van der Waals surface area contributed by atoms with E-state index in [4.69, 9.17) is 9.47 Å². The topological polar surface area (TPSA) is 78.6 Å². The minimum atomic E-state index is -0.522. The van der Waals surface area contributed by atoms with Crippen LogP contribution < -0.4 is 9.47 Å². The number of benzene rings is 2. The van der Waals surface area contributed by atoms with Gasteiger partial charge >= 0.3 is 0 Å². The van der Waals surface area contributed by atoms with E-state index in [1.54, 1.807) is 61.5 Å². The molecule has 2 heterocycles. The number of carbonyl (C=O) groups is 1. The zero-order valence-electron chi connectivity index (χ0n) is 15.9. The van der Waals surface area contributed by atoms with Crippen LogP contribution in [0.15, 0.2) is 72.1 Å². The molecule has 2 aromatic heterocycles. The van der Waals surface area contributed by atoms with Crippen LogP contribution in [0.1, 0.15) is 21.2 Å². The molecule has 146 valence electrons. The third kappa shape index (κ3) is 4.07. The van der Waals surface area contributed by atoms with E-state index in [1.165, 1.54) is 11.8 Å². The van der Waals surface area contributed by atoms with Gasteiger partial charge in [0.05, 0.1) is 14.2 Å². The molecule has 0 unspecified atom stereocenters. The highest BCUT2D eigenvalue weighted by molar-refractivity contribution is 8.00. The molecule has 8 heteroatoms. The second-order valence-electron chi connectivity index (χ2n) is 6.12. The molecule has 0 saturated heterocycles. The first kappa shape index (κ1) is 18.9. The normalized spacial score (nSPS) is 11.9. The van der Waals surface area contributed by atoms with Gasteiger partial charge in [0, 0.05) is 18.0 Å². The average Bonchev–Trinajstić information content (AvgIpc) is 3.20. The largest absolute Gasteiger partial charge is 0.497 e. The van der Waals surface area contributed by atoms with Crippen LogP contribution >= 0.6 is 11.8 Å². The molecular formula is C21H18N4O3S. The highest BCUT2D eigenvalue weighted by Gasteiger charge is 2.25. The Morgan fingerprint density at radius 1 is 1.00 bits per heavy atom. The second-order valence-corrected chi connectivity index (χ2v) is 7.19. The Kier molecular flexibility index (Phi) is 5.44. The molecule has 1 atom stereocenters. The van der Waals surface area contributed by atoms with Crippen LogP contribution in [0.2, 0.25) is 0 Å². The van der Waals surface area contributed by atoms with Crippen molar-refractivity contribution in [1.82, 2.24) is 19.6 Å². The zero-order valence-corrected chi connectivity index (χ0v) is 16.7. The molecule has 7 nitrogen and oxygen atoms in total. The predicted octanol–water partition coefficient (Wildman–Crippen LogP) is 3.86. The molecule has 0 saturated carbocycles. The molecule has 4 rings (SSSR count). The Bertz CT molecular complexity index is 1090. The van der Waals surface area contributed by atoms with Crippen molar-refractivity contribution in [3.05, 3.63) is 78.1 Å². The molecular weight excluding hydrogens is 388 g/mol. The Hall–Kier alpha value is -3.39. The van der Waals surface area contributed by atoms with Crippen molar-refractivity contribution in [1.29, 1.82) is 0 Å². The number of thioether (sulfide) groups is 1. The Balaban J connectivity index is 1.69. The fraction of sp³-hybridized carbons (Fsp3) is 0.143. The SMILES string of the molecule is COc1ccc(C(=O)[C@H](Sc2nc3ncccn3n2)c2ccc(OC)cc2)cc1. The van der Waals surface area contributed by atoms with E-state index in [-0.39, 0.29) is 5.78 Å². The van der Waals surface area contributed by atoms with Crippen LogP contribution in [-0.2, 0) is 0 Å². The van der Waals surface area contributed by atoms with Gasteiger partial charge in [-0.2, -0.15) is 4.98 Å². The predicted molar refractivity (Wildman–Crippen MR) is 110 cm³/mol. The van der Waals surface area contributed by atoms with Gasteiger partial charge in [-0.05, 0) is 48.0 Å². The maximum absolute atomic E-state index is 13.3. The number of rotatable bonds is 7. The van der Waals surface area contributed by atoms with E-state index in [2.05, 4.69) is 15.1 Å². The number of hydrogen-bond acceptors (Lipinski definition) is 7. The van der Waals surface area contributed by atoms with Crippen molar-refractivity contribution in [3.8, 4) is 11.5 Å². The average molecular weight is 406 g/mol. The van der Waals surface area contributed by atoms with Gasteiger partial charge in [-0.15, -0.1) is 5.10 Å². The van der Waals surface area contributed by atoms with Gasteiger partial charge in [0.2, 0.25) is 5.16 Å². The van der Waals surface area contributed by atoms with Gasteiger partial charge in [-0.3, -0.25) is 4.79 Å². The molecule has 0 N–H and O–H groups in total. The molecule has 2 aromatic carbocycles. The lowest BCUT2D eigenvalue weighted by Gasteiger charge is -2.15. The first-order chi connectivity index (χ1) is 14.2. The zero-order chi connectivity index (χ0) is 20.2. The van der Waals surface area contributed by atoms with E-state index >= 15 is 0 Å². The summed E-state index contributed by atoms with van der Waals surface area (Å²) in [6.07, 6.45) is 3.43. The molecule has 4 aromatic rings. The van der Waals surface area contributed by atoms with Gasteiger partial charge in [0.1, 0.15) is 16.7 Å². The fourth-order valence-electron chi connectivity index (χ4n) is 2.83. The summed E-state index contributed by atoms with van der Waals surface area (Å²) in [6, 6.07) is 16.3. The number of methoxy groups -OCH3 is 2. The smallest absolute Gasteiger partial charge is 0.253 e. The molecule has 29 heavy (non-hydrogen) atoms. The van der Waals surface area contributed by atoms with E-state index in [9.17, 15) is 4.79 Å². The molecule has 0 aliphatic heterocycles. The molecule has 0 bridgehead atoms. The molecule has 0 aliphatic carbocycles. The number of nitrogens with zero attached hydrogens (tertiary/aromatic N) is 4. The van der Waals surface area contributed by atoms with Gasteiger partial charge in [-0.25, -0.2) is 9.50 Å². The van der Waals surface area contributed by atoms with Gasteiger partial charge in [0.25, 0.3) is 5.78 Å². The summed E-state index contributed by atoms with van der Waals surface area (Å²) in [5, 5.41) is 4.38. The molecule has 0 spiro atoms. The number of ether oxygens (including phenoxy) is 2. The maximum atomic E-state index is 13.3. The standard InChI is InChI=1S/C21H18N4O3S/c1-27-16-8-4-14(5-9-16)18(26)19(15-6-10-17(28-2)11-7-15)29-21-23-20-22-12-3-13-25(20)24-21/h3-13,19H,1-2H3/t19-/m1/s1. The third-order valence-electron chi connectivity index (χ3n) is 4.35. The molecule has 0 amide bonds. The van der Waals surface area contributed by atoms with Crippen LogP contribution in [0.4, 0.5) is 0 Å². The van der Waals surface area contributed by atoms with Gasteiger partial charge in [-0.1, -0.05) is 23.9 Å². The summed E-state index contributed by atoms with van der Waals surface area (Å²) in [4.78, 5) is 22.0. The van der Waals surface area contributed by atoms with Crippen LogP contribution in [0.5, 0.6) is 11.5 Å². The van der Waals surface area contributed by atoms with Crippen LogP contribution in [0, 0.1) is 0 Å². The summed E-state index contributed by atoms with van der Waals surface area (Å²) in [5.74, 6) is 1.86. The van der Waals surface area contributed by atoms with Crippen LogP contribution in [-0.4, -0.2) is 39.6 Å². The van der Waals surface area contributed by atoms with E-state index < -0.39 is 5.25 Å². The number of carbonyl (C=O) groups excluding carboxylic acids is 1. The first-order valence-corrected chi connectivity index (χ1v) is 9.72. The lowest BCUT2D eigenvalue weighted by molar-refractivity contribution is 0.0989. The van der Waals surface area contributed by atoms with Crippen molar-refractivity contribution in [2.24, 2.45) is 0 Å². The van der Waals surface area contributed by atoms with Crippen LogP contribution in [0.25, 0.3) is 5.78 Å². The molecule has 0 fully saturated rings. The summed E-state index contributed by atoms with van der Waals surface area (Å²) < 4.78 is 12.0. The molecule has 0 radical (unpaired) electrons. The van der Waals surface area contributed by atoms with Crippen molar-refractivity contribution in [2.75, 3.05) is 14.2 Å². The number of ketones is 1. The minimum absolute atomic E-state index is 0.0466. The lowest BCUT2D eigenvalue weighted by Crippen LogP contribution is -2.10. The number of fused-ring (bicyclic) bond motifs is 1. The monoisotopic (exact) mass is 406 g/mol. The minimum Gasteiger partial charge on any atom is -0.497 e. The number of hydrogen-bond donors (Lipinski definition) is 0. The van der Waals surface area contributed by atoms with Crippen molar-refractivity contribution in [3.63, 3.8) is 0 Å². The van der Waals surface area contributed by atoms with Crippen molar-refractivity contribution >= 4 is 23.3 Å². The highest BCUT2D eigenvalue weighted by atomic mass is 32.2. The van der Waals surface area contributed by atoms with Crippen molar-refractivity contribution < 1.29 is 14.3 Å². The second kappa shape index (κ2) is 8.32. The van der Waals surface area contributed by atoms with Gasteiger partial charge < -0.3 is 9.47 Å². The lowest BCUT2D eigenvalue weighted by atomic mass is 10.0. The number of Topliss-reactive ketones (excluding diaryl/α,β-unsaturated/α-hetero) is 1. The van der Waals surface area contributed by atoms with E-state index in [1.807, 2.05) is 24.3 Å². The van der Waals surface area contributed by atoms with E-state index in [0.717, 1.165) is 11.3 Å². The summed E-state index contributed by atoms with van der Waals surface area (Å²) >= 11 is 1.29. The first-order valence-electron chi connectivity index (χ1n) is 8.84. The Morgan fingerprint density at radius 3 is 2.28 bits per heavy atom. The highest BCUT2D eigenvalue weighted by Crippen LogP contribution is 2.37. The summed E-state index contributed by atoms with van der Waals surface area (Å²) in [6.45, 7) is 0. The summed E-state index contributed by atoms with van der Waals surface area (Å²) in [5.41, 5.74) is 1.42. The Morgan fingerprint density at radius 2 is 1.66 bits per heavy atom. The van der Waals surface area contributed by atoms with E-state index in [0.29, 0.717) is 22.2 Å². The summed E-state index contributed by atoms with van der Waals surface area (Å²) in [7, 11) is 3.20. The van der Waals surface area contributed by atoms with Gasteiger partial charge in [0.15, 0.2) is 5.78 Å². The van der Waals surface area contributed by atoms with Crippen LogP contribution in [0.3, 0.4) is 0 Å².